The molecule has 0 radical (unpaired) electrons. The largest absolute Gasteiger partial charge is 0.394 e. The molecule has 10 heteroatoms. The van der Waals surface area contributed by atoms with Crippen LogP contribution in [0, 0.1) is 0 Å². The van der Waals surface area contributed by atoms with Gasteiger partial charge in [-0.2, -0.15) is 0 Å². The fourth-order valence-electron chi connectivity index (χ4n) is 5.81. The number of piperidine rings is 1. The molecule has 0 bridgehead atoms. The number of aliphatic hydroxyl groups excluding tert-OH is 1. The van der Waals surface area contributed by atoms with Crippen LogP contribution in [0.4, 0.5) is 10.6 Å². The van der Waals surface area contributed by atoms with E-state index in [1.807, 2.05) is 40.1 Å². The topological polar surface area (TPSA) is 94.1 Å². The van der Waals surface area contributed by atoms with E-state index in [2.05, 4.69) is 50.5 Å². The molecule has 2 N–H and O–H groups in total. The summed E-state index contributed by atoms with van der Waals surface area (Å²) in [7, 11) is 1.75. The molecule has 42 heavy (non-hydrogen) atoms. The van der Waals surface area contributed by atoms with Gasteiger partial charge in [0.15, 0.2) is 0 Å². The molecule has 2 aromatic carbocycles. The van der Waals surface area contributed by atoms with Gasteiger partial charge >= 0.3 is 6.03 Å². The predicted octanol–water partition coefficient (Wildman–Crippen LogP) is 4.85. The SMILES string of the molecule is COC1CCN(C(=O)N2CCN(Cc3ccc(-c4cc5c(NC(CO)c6ccccc6)ncnc5s4)cc3)CC2)CC1. The van der Waals surface area contributed by atoms with Crippen LogP contribution in [0.15, 0.2) is 67.0 Å². The third kappa shape index (κ3) is 6.42. The van der Waals surface area contributed by atoms with Crippen LogP contribution in [0.25, 0.3) is 20.7 Å². The number of hydrogen-bond acceptors (Lipinski definition) is 8. The van der Waals surface area contributed by atoms with E-state index in [9.17, 15) is 9.90 Å². The number of thiophene rings is 1. The number of aromatic nitrogens is 2. The van der Waals surface area contributed by atoms with E-state index in [-0.39, 0.29) is 24.8 Å². The fraction of sp³-hybridized carbons (Fsp3) is 0.406. The van der Waals surface area contributed by atoms with Gasteiger partial charge < -0.3 is 25.0 Å². The van der Waals surface area contributed by atoms with Crippen LogP contribution in [-0.2, 0) is 11.3 Å². The molecular formula is C32H38N6O3S. The maximum atomic E-state index is 13.0. The van der Waals surface area contributed by atoms with Crippen LogP contribution >= 0.6 is 11.3 Å². The molecule has 2 aromatic heterocycles. The van der Waals surface area contributed by atoms with E-state index in [1.165, 1.54) is 5.56 Å². The minimum atomic E-state index is -0.250. The Balaban J connectivity index is 1.06. The van der Waals surface area contributed by atoms with Crippen molar-refractivity contribution in [2.45, 2.75) is 31.5 Å². The van der Waals surface area contributed by atoms with Crippen LogP contribution in [0.1, 0.15) is 30.0 Å². The first-order valence-electron chi connectivity index (χ1n) is 14.7. The van der Waals surface area contributed by atoms with Gasteiger partial charge in [0.05, 0.1) is 24.1 Å². The maximum Gasteiger partial charge on any atom is 0.320 e. The Morgan fingerprint density at radius 1 is 1.00 bits per heavy atom. The molecule has 2 aliphatic heterocycles. The summed E-state index contributed by atoms with van der Waals surface area (Å²) < 4.78 is 5.44. The second kappa shape index (κ2) is 13.2. The third-order valence-corrected chi connectivity index (χ3v) is 9.45. The molecular weight excluding hydrogens is 548 g/mol. The molecule has 0 spiro atoms. The highest BCUT2D eigenvalue weighted by Crippen LogP contribution is 2.36. The van der Waals surface area contributed by atoms with Crippen molar-refractivity contribution in [1.29, 1.82) is 0 Å². The minimum absolute atomic E-state index is 0.0347. The maximum absolute atomic E-state index is 13.0. The number of fused-ring (bicyclic) bond motifs is 1. The Morgan fingerprint density at radius 2 is 1.71 bits per heavy atom. The van der Waals surface area contributed by atoms with Gasteiger partial charge in [-0.1, -0.05) is 54.6 Å². The first-order valence-corrected chi connectivity index (χ1v) is 15.5. The number of carbonyl (C=O) groups is 1. The van der Waals surface area contributed by atoms with E-state index in [4.69, 9.17) is 4.74 Å². The number of anilines is 1. The molecule has 4 heterocycles. The lowest BCUT2D eigenvalue weighted by Crippen LogP contribution is -2.54. The number of likely N-dealkylation sites (tertiary alicyclic amines) is 1. The number of benzene rings is 2. The van der Waals surface area contributed by atoms with Crippen LogP contribution < -0.4 is 5.32 Å². The molecule has 2 saturated heterocycles. The van der Waals surface area contributed by atoms with Gasteiger partial charge in [0.25, 0.3) is 0 Å². The van der Waals surface area contributed by atoms with Gasteiger partial charge in [-0.3, -0.25) is 4.90 Å². The molecule has 1 unspecified atom stereocenters. The van der Waals surface area contributed by atoms with E-state index in [0.29, 0.717) is 0 Å². The van der Waals surface area contributed by atoms with Gasteiger partial charge in [-0.05, 0) is 35.6 Å². The van der Waals surface area contributed by atoms with Crippen molar-refractivity contribution < 1.29 is 14.6 Å². The predicted molar refractivity (Wildman–Crippen MR) is 167 cm³/mol. The van der Waals surface area contributed by atoms with Crippen molar-refractivity contribution in [2.75, 3.05) is 58.3 Å². The number of nitrogens with zero attached hydrogens (tertiary/aromatic N) is 5. The molecule has 4 aromatic rings. The average Bonchev–Trinajstić information content (AvgIpc) is 3.50. The van der Waals surface area contributed by atoms with Crippen LogP contribution in [0.5, 0.6) is 0 Å². The standard InChI is InChI=1S/C32H38N6O3S/c1-41-26-11-13-37(14-12-26)32(40)38-17-15-36(16-18-38)20-23-7-9-25(10-8-23)29-19-27-30(33-22-34-31(27)42-29)35-28(21-39)24-5-3-2-4-6-24/h2-10,19,22,26,28,39H,11-18,20-21H2,1H3,(H,33,34,35). The van der Waals surface area contributed by atoms with E-state index in [1.54, 1.807) is 24.8 Å². The number of aliphatic hydroxyl groups is 1. The molecule has 0 saturated carbocycles. The number of amides is 2. The molecule has 2 amide bonds. The number of carbonyl (C=O) groups excluding carboxylic acids is 1. The molecule has 2 aliphatic rings. The zero-order valence-electron chi connectivity index (χ0n) is 24.0. The summed E-state index contributed by atoms with van der Waals surface area (Å²) in [5.41, 5.74) is 3.41. The molecule has 220 valence electrons. The zero-order valence-corrected chi connectivity index (χ0v) is 24.8. The summed E-state index contributed by atoms with van der Waals surface area (Å²) >= 11 is 1.64. The highest BCUT2D eigenvalue weighted by Gasteiger charge is 2.28. The number of urea groups is 1. The lowest BCUT2D eigenvalue weighted by molar-refractivity contribution is 0.0405. The Kier molecular flexibility index (Phi) is 8.95. The number of ether oxygens (including phenoxy) is 1. The quantitative estimate of drug-likeness (QED) is 0.305. The molecule has 9 nitrogen and oxygen atoms in total. The van der Waals surface area contributed by atoms with Crippen molar-refractivity contribution >= 4 is 33.4 Å². The number of piperazine rings is 1. The molecule has 1 atom stereocenters. The van der Waals surface area contributed by atoms with Gasteiger partial charge in [0, 0.05) is 57.8 Å². The first-order chi connectivity index (χ1) is 20.6. The summed E-state index contributed by atoms with van der Waals surface area (Å²) in [6, 6.07) is 20.7. The van der Waals surface area contributed by atoms with E-state index < -0.39 is 0 Å². The summed E-state index contributed by atoms with van der Waals surface area (Å²) in [5, 5.41) is 14.4. The van der Waals surface area contributed by atoms with Crippen LogP contribution in [0.2, 0.25) is 0 Å². The van der Waals surface area contributed by atoms with Crippen molar-refractivity contribution in [1.82, 2.24) is 24.7 Å². The summed E-state index contributed by atoms with van der Waals surface area (Å²) in [5.74, 6) is 0.721. The first kappa shape index (κ1) is 28.5. The van der Waals surface area contributed by atoms with Gasteiger partial charge in [0.2, 0.25) is 0 Å². The smallest absolute Gasteiger partial charge is 0.320 e. The Morgan fingerprint density at radius 3 is 2.40 bits per heavy atom. The van der Waals surface area contributed by atoms with Gasteiger partial charge in [-0.25, -0.2) is 14.8 Å². The lowest BCUT2D eigenvalue weighted by atomic mass is 10.1. The molecule has 0 aliphatic carbocycles. The normalized spacial score (nSPS) is 17.5. The monoisotopic (exact) mass is 586 g/mol. The van der Waals surface area contributed by atoms with Crippen molar-refractivity contribution in [3.8, 4) is 10.4 Å². The highest BCUT2D eigenvalue weighted by molar-refractivity contribution is 7.21. The summed E-state index contributed by atoms with van der Waals surface area (Å²) in [6.07, 6.45) is 3.70. The number of hydrogen-bond donors (Lipinski definition) is 2. The zero-order chi connectivity index (χ0) is 28.9. The summed E-state index contributed by atoms with van der Waals surface area (Å²) in [4.78, 5) is 30.4. The Bertz CT molecular complexity index is 1460. The Labute approximate surface area is 250 Å². The fourth-order valence-corrected chi connectivity index (χ4v) is 6.81. The van der Waals surface area contributed by atoms with E-state index >= 15 is 0 Å². The van der Waals surface area contributed by atoms with E-state index in [0.717, 1.165) is 90.7 Å². The minimum Gasteiger partial charge on any atom is -0.394 e. The molecule has 6 rings (SSSR count). The number of rotatable bonds is 8. The summed E-state index contributed by atoms with van der Waals surface area (Å²) in [6.45, 7) is 5.69. The Hall–Kier alpha value is -3.57. The third-order valence-electron chi connectivity index (χ3n) is 8.36. The van der Waals surface area contributed by atoms with Crippen molar-refractivity contribution in [3.63, 3.8) is 0 Å². The van der Waals surface area contributed by atoms with Crippen molar-refractivity contribution in [3.05, 3.63) is 78.1 Å². The van der Waals surface area contributed by atoms with Gasteiger partial charge in [0.1, 0.15) is 17.0 Å². The second-order valence-corrected chi connectivity index (χ2v) is 12.0. The molecule has 2 fully saturated rings. The second-order valence-electron chi connectivity index (χ2n) is 11.0. The average molecular weight is 587 g/mol. The van der Waals surface area contributed by atoms with Crippen molar-refractivity contribution in [2.24, 2.45) is 0 Å². The highest BCUT2D eigenvalue weighted by atomic mass is 32.1. The number of methoxy groups -OCH3 is 1. The van der Waals surface area contributed by atoms with Crippen LogP contribution in [-0.4, -0.2) is 94.9 Å². The number of nitrogens with one attached hydrogen (secondary N) is 1. The van der Waals surface area contributed by atoms with Crippen LogP contribution in [0.3, 0.4) is 0 Å². The van der Waals surface area contributed by atoms with Gasteiger partial charge in [-0.15, -0.1) is 11.3 Å². The lowest BCUT2D eigenvalue weighted by Gasteiger charge is -2.39.